The molecule has 0 aromatic rings. The number of amides is 2. The number of hydrogen-bond donors (Lipinski definition) is 1. The second kappa shape index (κ2) is 4.83. The Morgan fingerprint density at radius 1 is 1.71 bits per heavy atom. The highest BCUT2D eigenvalue weighted by molar-refractivity contribution is 5.87. The maximum atomic E-state index is 11.6. The summed E-state index contributed by atoms with van der Waals surface area (Å²) in [6.45, 7) is 2.94. The number of carbonyl (C=O) groups is 2. The van der Waals surface area contributed by atoms with Crippen LogP contribution in [0.1, 0.15) is 19.8 Å². The van der Waals surface area contributed by atoms with Crippen molar-refractivity contribution in [3.63, 3.8) is 0 Å². The summed E-state index contributed by atoms with van der Waals surface area (Å²) in [7, 11) is 1.74. The minimum atomic E-state index is -0.507. The van der Waals surface area contributed by atoms with E-state index in [1.807, 2.05) is 0 Å². The van der Waals surface area contributed by atoms with Crippen molar-refractivity contribution in [2.45, 2.75) is 25.8 Å². The topological polar surface area (TPSA) is 58.6 Å². The van der Waals surface area contributed by atoms with Crippen LogP contribution in [0.5, 0.6) is 0 Å². The molecule has 0 aromatic carbocycles. The molecule has 0 spiro atoms. The predicted octanol–water partition coefficient (Wildman–Crippen LogP) is 0.353. The number of unbranched alkanes of at least 4 members (excludes halogenated alkanes) is 1. The van der Waals surface area contributed by atoms with E-state index in [-0.39, 0.29) is 12.5 Å². The molecule has 1 aliphatic rings. The fourth-order valence-corrected chi connectivity index (χ4v) is 1.29. The summed E-state index contributed by atoms with van der Waals surface area (Å²) < 4.78 is 4.64. The average Bonchev–Trinajstić information content (AvgIpc) is 2.60. The molecule has 1 saturated heterocycles. The molecular weight excluding hydrogens is 184 g/mol. The quantitative estimate of drug-likeness (QED) is 0.712. The zero-order valence-electron chi connectivity index (χ0n) is 8.58. The number of carbonyl (C=O) groups excluding carboxylic acids is 2. The number of nitrogens with one attached hydrogen (secondary N) is 1. The second-order valence-corrected chi connectivity index (χ2v) is 3.41. The first-order valence-electron chi connectivity index (χ1n) is 4.83. The lowest BCUT2D eigenvalue weighted by atomic mass is 10.2. The number of alkyl carbamates (subject to hydrolysis) is 1. The molecule has 1 atom stereocenters. The number of rotatable bonds is 4. The summed E-state index contributed by atoms with van der Waals surface area (Å²) >= 11 is 0. The summed E-state index contributed by atoms with van der Waals surface area (Å²) in [6, 6.07) is -0.496. The molecule has 2 amide bonds. The molecule has 1 rings (SSSR count). The molecule has 1 aliphatic heterocycles. The molecule has 1 fully saturated rings. The van der Waals surface area contributed by atoms with Crippen molar-refractivity contribution in [3.05, 3.63) is 0 Å². The van der Waals surface area contributed by atoms with E-state index in [2.05, 4.69) is 17.0 Å². The van der Waals surface area contributed by atoms with Crippen LogP contribution in [0.15, 0.2) is 0 Å². The highest BCUT2D eigenvalue weighted by Gasteiger charge is 2.30. The van der Waals surface area contributed by atoms with Gasteiger partial charge in [-0.2, -0.15) is 0 Å². The third kappa shape index (κ3) is 2.61. The molecule has 1 heterocycles. The maximum absolute atomic E-state index is 11.6. The van der Waals surface area contributed by atoms with Crippen molar-refractivity contribution in [3.8, 4) is 0 Å². The standard InChI is InChI=1S/C9H16N2O3/c1-3-4-5-11(2)8(12)7-6-14-9(13)10-7/h7H,3-6H2,1-2H3,(H,10,13). The Hall–Kier alpha value is -1.26. The van der Waals surface area contributed by atoms with Crippen LogP contribution in [0.2, 0.25) is 0 Å². The minimum Gasteiger partial charge on any atom is -0.447 e. The Morgan fingerprint density at radius 3 is 2.93 bits per heavy atom. The van der Waals surface area contributed by atoms with Crippen LogP contribution in [-0.4, -0.2) is 43.1 Å². The molecule has 0 saturated carbocycles. The van der Waals surface area contributed by atoms with Crippen LogP contribution in [-0.2, 0) is 9.53 Å². The first kappa shape index (κ1) is 10.8. The van der Waals surface area contributed by atoms with Crippen molar-refractivity contribution in [1.82, 2.24) is 10.2 Å². The predicted molar refractivity (Wildman–Crippen MR) is 50.8 cm³/mol. The normalized spacial score (nSPS) is 20.1. The lowest BCUT2D eigenvalue weighted by molar-refractivity contribution is -0.131. The smallest absolute Gasteiger partial charge is 0.407 e. The van der Waals surface area contributed by atoms with E-state index in [1.165, 1.54) is 0 Å². The molecule has 5 nitrogen and oxygen atoms in total. The summed E-state index contributed by atoms with van der Waals surface area (Å²) in [5, 5.41) is 2.46. The van der Waals surface area contributed by atoms with Gasteiger partial charge >= 0.3 is 6.09 Å². The average molecular weight is 200 g/mol. The lowest BCUT2D eigenvalue weighted by Gasteiger charge is -2.19. The molecule has 1 unspecified atom stereocenters. The molecular formula is C9H16N2O3. The van der Waals surface area contributed by atoms with Gasteiger partial charge in [0.05, 0.1) is 0 Å². The van der Waals surface area contributed by atoms with Gasteiger partial charge in [0.25, 0.3) is 0 Å². The SMILES string of the molecule is CCCCN(C)C(=O)C1COC(=O)N1. The Kier molecular flexibility index (Phi) is 3.73. The van der Waals surface area contributed by atoms with Gasteiger partial charge in [-0.05, 0) is 6.42 Å². The Labute approximate surface area is 83.4 Å². The zero-order chi connectivity index (χ0) is 10.6. The first-order valence-corrected chi connectivity index (χ1v) is 4.83. The summed E-state index contributed by atoms with van der Waals surface area (Å²) in [6.07, 6.45) is 1.52. The zero-order valence-corrected chi connectivity index (χ0v) is 8.58. The Balaban J connectivity index is 2.36. The molecule has 0 bridgehead atoms. The molecule has 0 aliphatic carbocycles. The van der Waals surface area contributed by atoms with Gasteiger partial charge in [0.1, 0.15) is 12.6 Å². The molecule has 0 radical (unpaired) electrons. The highest BCUT2D eigenvalue weighted by Crippen LogP contribution is 2.02. The minimum absolute atomic E-state index is 0.0794. The molecule has 1 N–H and O–H groups in total. The third-order valence-corrected chi connectivity index (χ3v) is 2.19. The summed E-state index contributed by atoms with van der Waals surface area (Å²) in [5.41, 5.74) is 0. The molecule has 0 aromatic heterocycles. The van der Waals surface area contributed by atoms with E-state index in [1.54, 1.807) is 11.9 Å². The van der Waals surface area contributed by atoms with Crippen LogP contribution in [0.25, 0.3) is 0 Å². The number of likely N-dealkylation sites (N-methyl/N-ethyl adjacent to an activating group) is 1. The van der Waals surface area contributed by atoms with Gasteiger partial charge in [-0.15, -0.1) is 0 Å². The van der Waals surface area contributed by atoms with E-state index >= 15 is 0 Å². The van der Waals surface area contributed by atoms with Crippen molar-refractivity contribution < 1.29 is 14.3 Å². The number of nitrogens with zero attached hydrogens (tertiary/aromatic N) is 1. The largest absolute Gasteiger partial charge is 0.447 e. The fourth-order valence-electron chi connectivity index (χ4n) is 1.29. The van der Waals surface area contributed by atoms with E-state index < -0.39 is 12.1 Å². The van der Waals surface area contributed by atoms with Crippen molar-refractivity contribution in [2.75, 3.05) is 20.2 Å². The highest BCUT2D eigenvalue weighted by atomic mass is 16.6. The van der Waals surface area contributed by atoms with E-state index in [9.17, 15) is 9.59 Å². The van der Waals surface area contributed by atoms with Gasteiger partial charge in [0, 0.05) is 13.6 Å². The van der Waals surface area contributed by atoms with Crippen molar-refractivity contribution in [2.24, 2.45) is 0 Å². The number of hydrogen-bond acceptors (Lipinski definition) is 3. The van der Waals surface area contributed by atoms with Gasteiger partial charge in [0.2, 0.25) is 5.91 Å². The second-order valence-electron chi connectivity index (χ2n) is 3.41. The Bertz CT molecular complexity index is 230. The number of ether oxygens (including phenoxy) is 1. The maximum Gasteiger partial charge on any atom is 0.407 e. The molecule has 5 heteroatoms. The first-order chi connectivity index (χ1) is 6.65. The monoisotopic (exact) mass is 200 g/mol. The lowest BCUT2D eigenvalue weighted by Crippen LogP contribution is -2.44. The van der Waals surface area contributed by atoms with Crippen LogP contribution in [0.3, 0.4) is 0 Å². The van der Waals surface area contributed by atoms with Crippen LogP contribution in [0, 0.1) is 0 Å². The third-order valence-electron chi connectivity index (χ3n) is 2.19. The van der Waals surface area contributed by atoms with Crippen molar-refractivity contribution in [1.29, 1.82) is 0 Å². The summed E-state index contributed by atoms with van der Waals surface area (Å²) in [5.74, 6) is -0.0794. The van der Waals surface area contributed by atoms with E-state index in [0.29, 0.717) is 0 Å². The van der Waals surface area contributed by atoms with E-state index in [4.69, 9.17) is 0 Å². The van der Waals surface area contributed by atoms with E-state index in [0.717, 1.165) is 19.4 Å². The van der Waals surface area contributed by atoms with Crippen LogP contribution in [0.4, 0.5) is 4.79 Å². The van der Waals surface area contributed by atoms with Gasteiger partial charge < -0.3 is 15.0 Å². The van der Waals surface area contributed by atoms with Gasteiger partial charge in [0.15, 0.2) is 0 Å². The molecule has 80 valence electrons. The van der Waals surface area contributed by atoms with Gasteiger partial charge in [-0.25, -0.2) is 4.79 Å². The summed E-state index contributed by atoms with van der Waals surface area (Å²) in [4.78, 5) is 23.9. The van der Waals surface area contributed by atoms with Crippen molar-refractivity contribution >= 4 is 12.0 Å². The molecule has 14 heavy (non-hydrogen) atoms. The fraction of sp³-hybridized carbons (Fsp3) is 0.778. The Morgan fingerprint density at radius 2 is 2.43 bits per heavy atom. The van der Waals surface area contributed by atoms with Crippen LogP contribution < -0.4 is 5.32 Å². The number of cyclic esters (lactones) is 1. The van der Waals surface area contributed by atoms with Gasteiger partial charge in [-0.3, -0.25) is 4.79 Å². The van der Waals surface area contributed by atoms with Crippen LogP contribution >= 0.6 is 0 Å². The van der Waals surface area contributed by atoms with Gasteiger partial charge in [-0.1, -0.05) is 13.3 Å².